The van der Waals surface area contributed by atoms with E-state index in [2.05, 4.69) is 37.4 Å². The van der Waals surface area contributed by atoms with Crippen LogP contribution in [0, 0.1) is 0 Å². The third kappa shape index (κ3) is 6.43. The maximum absolute atomic E-state index is 13.8. The normalized spacial score (nSPS) is 20.0. The lowest BCUT2D eigenvalue weighted by Gasteiger charge is -2.39. The van der Waals surface area contributed by atoms with Crippen molar-refractivity contribution in [2.75, 3.05) is 108 Å². The molecular weight excluding hydrogens is 478 g/mol. The van der Waals surface area contributed by atoms with E-state index in [0.717, 1.165) is 35.7 Å². The molecule has 3 aliphatic heterocycles. The molecule has 204 valence electrons. The van der Waals surface area contributed by atoms with Crippen molar-refractivity contribution in [3.63, 3.8) is 0 Å². The van der Waals surface area contributed by atoms with Crippen LogP contribution in [0.25, 0.3) is 0 Å². The highest BCUT2D eigenvalue weighted by atomic mass is 16.5. The number of hydrazone groups is 1. The summed E-state index contributed by atoms with van der Waals surface area (Å²) in [5, 5.41) is 4.22. The summed E-state index contributed by atoms with van der Waals surface area (Å²) in [4.78, 5) is 33.7. The van der Waals surface area contributed by atoms with Crippen LogP contribution in [0.1, 0.15) is 18.4 Å². The Hall–Kier alpha value is -3.09. The predicted molar refractivity (Wildman–Crippen MR) is 143 cm³/mol. The highest BCUT2D eigenvalue weighted by molar-refractivity contribution is 6.11. The number of rotatable bonds is 7. The number of nitrogens with zero attached hydrogens (tertiary/aromatic N) is 5. The number of hydrogen-bond acceptors (Lipinski definition) is 9. The van der Waals surface area contributed by atoms with Crippen molar-refractivity contribution < 1.29 is 23.8 Å². The van der Waals surface area contributed by atoms with Gasteiger partial charge in [0, 0.05) is 76.0 Å². The van der Waals surface area contributed by atoms with Crippen molar-refractivity contribution in [3.8, 4) is 0 Å². The first-order chi connectivity index (χ1) is 17.9. The molecule has 1 aromatic carbocycles. The Kier molecular flexibility index (Phi) is 9.06. The Balaban J connectivity index is 1.93. The van der Waals surface area contributed by atoms with Crippen LogP contribution in [0.15, 0.2) is 17.2 Å². The molecule has 12 heteroatoms. The number of primary amides is 1. The topological polar surface area (TPSA) is 125 Å². The highest BCUT2D eigenvalue weighted by Crippen LogP contribution is 2.42. The van der Waals surface area contributed by atoms with E-state index >= 15 is 0 Å². The van der Waals surface area contributed by atoms with Gasteiger partial charge in [-0.25, -0.2) is 10.2 Å². The van der Waals surface area contributed by atoms with Crippen molar-refractivity contribution in [3.05, 3.63) is 17.7 Å². The summed E-state index contributed by atoms with van der Waals surface area (Å²) in [5.41, 5.74) is 12.0. The molecule has 37 heavy (non-hydrogen) atoms. The largest absolute Gasteiger partial charge is 0.378 e. The minimum Gasteiger partial charge on any atom is -0.378 e. The molecule has 1 atom stereocenters. The highest BCUT2D eigenvalue weighted by Gasteiger charge is 2.35. The van der Waals surface area contributed by atoms with E-state index in [0.29, 0.717) is 71.5 Å². The molecule has 0 radical (unpaired) electrons. The smallest absolute Gasteiger partial charge is 0.332 e. The van der Waals surface area contributed by atoms with Gasteiger partial charge < -0.3 is 39.5 Å². The molecule has 3 aliphatic rings. The molecule has 4 rings (SSSR count). The van der Waals surface area contributed by atoms with Crippen molar-refractivity contribution in [2.24, 2.45) is 10.8 Å². The second kappa shape index (κ2) is 12.4. The van der Waals surface area contributed by atoms with E-state index < -0.39 is 11.9 Å². The SMILES string of the molecule is C/C(=N\NC(N)=O)C(C(=O)N(C)C)c1c(N2CCOCC2)cc(N2CCOCC2)cc1N1CCOCC1. The number of urea groups is 1. The Morgan fingerprint density at radius 3 is 1.70 bits per heavy atom. The van der Waals surface area contributed by atoms with Gasteiger partial charge in [-0.05, 0) is 19.1 Å². The summed E-state index contributed by atoms with van der Waals surface area (Å²) < 4.78 is 16.9. The van der Waals surface area contributed by atoms with Gasteiger partial charge >= 0.3 is 6.03 Å². The lowest BCUT2D eigenvalue weighted by atomic mass is 9.88. The molecule has 12 nitrogen and oxygen atoms in total. The van der Waals surface area contributed by atoms with Crippen molar-refractivity contribution in [1.29, 1.82) is 0 Å². The molecule has 0 aliphatic carbocycles. The fraction of sp³-hybridized carbons (Fsp3) is 0.640. The molecule has 0 aromatic heterocycles. The third-order valence-corrected chi connectivity index (χ3v) is 6.94. The van der Waals surface area contributed by atoms with Crippen LogP contribution in [-0.4, -0.2) is 116 Å². The van der Waals surface area contributed by atoms with Crippen molar-refractivity contribution in [1.82, 2.24) is 10.3 Å². The van der Waals surface area contributed by atoms with Gasteiger partial charge in [-0.2, -0.15) is 5.10 Å². The van der Waals surface area contributed by atoms with Crippen LogP contribution in [0.5, 0.6) is 0 Å². The van der Waals surface area contributed by atoms with Crippen LogP contribution in [0.3, 0.4) is 0 Å². The number of nitrogens with one attached hydrogen (secondary N) is 1. The van der Waals surface area contributed by atoms with Gasteiger partial charge in [0.2, 0.25) is 5.91 Å². The minimum absolute atomic E-state index is 0.129. The molecule has 1 aromatic rings. The number of ether oxygens (including phenoxy) is 3. The maximum atomic E-state index is 13.8. The second-order valence-electron chi connectivity index (χ2n) is 9.59. The molecule has 1 unspecified atom stereocenters. The number of anilines is 3. The summed E-state index contributed by atoms with van der Waals surface area (Å²) in [6.45, 7) is 9.97. The Labute approximate surface area is 218 Å². The van der Waals surface area contributed by atoms with E-state index in [1.54, 1.807) is 25.9 Å². The summed E-state index contributed by atoms with van der Waals surface area (Å²) in [7, 11) is 3.46. The van der Waals surface area contributed by atoms with E-state index in [4.69, 9.17) is 19.9 Å². The fourth-order valence-corrected chi connectivity index (χ4v) is 5.02. The molecule has 3 amide bonds. The number of likely N-dealkylation sites (N-methyl/N-ethyl adjacent to an activating group) is 1. The lowest BCUT2D eigenvalue weighted by molar-refractivity contribution is -0.128. The van der Waals surface area contributed by atoms with Gasteiger partial charge in [0.1, 0.15) is 5.92 Å². The Morgan fingerprint density at radius 2 is 1.30 bits per heavy atom. The van der Waals surface area contributed by atoms with Gasteiger partial charge in [0.05, 0.1) is 45.4 Å². The zero-order valence-electron chi connectivity index (χ0n) is 22.1. The first-order valence-corrected chi connectivity index (χ1v) is 12.8. The molecule has 0 saturated carbocycles. The van der Waals surface area contributed by atoms with Crippen LogP contribution in [-0.2, 0) is 19.0 Å². The van der Waals surface area contributed by atoms with E-state index in [-0.39, 0.29) is 5.91 Å². The first kappa shape index (κ1) is 27.0. The quantitative estimate of drug-likeness (QED) is 0.394. The van der Waals surface area contributed by atoms with E-state index in [1.165, 1.54) is 0 Å². The average Bonchev–Trinajstić information content (AvgIpc) is 2.93. The molecule has 0 bridgehead atoms. The number of amides is 3. The number of carbonyl (C=O) groups excluding carboxylic acids is 2. The van der Waals surface area contributed by atoms with Crippen LogP contribution < -0.4 is 25.9 Å². The molecule has 3 saturated heterocycles. The standard InChI is InChI=1S/C25H39N7O5/c1-18(27-28-25(26)34)22(24(33)29(2)3)23-20(31-6-12-36-13-7-31)16-19(30-4-10-35-11-5-30)17-21(23)32-8-14-37-15-9-32/h16-17,22H,4-15H2,1-3H3,(H3,26,28,34)/b27-18+. The predicted octanol–water partition coefficient (Wildman–Crippen LogP) is 0.412. The van der Waals surface area contributed by atoms with Crippen LogP contribution in [0.2, 0.25) is 0 Å². The van der Waals surface area contributed by atoms with Gasteiger partial charge in [0.25, 0.3) is 0 Å². The third-order valence-electron chi connectivity index (χ3n) is 6.94. The van der Waals surface area contributed by atoms with Gasteiger partial charge in [-0.15, -0.1) is 0 Å². The number of nitrogens with two attached hydrogens (primary N) is 1. The zero-order chi connectivity index (χ0) is 26.4. The van der Waals surface area contributed by atoms with E-state index in [1.807, 2.05) is 0 Å². The maximum Gasteiger partial charge on any atom is 0.332 e. The first-order valence-electron chi connectivity index (χ1n) is 12.8. The number of morpholine rings is 3. The van der Waals surface area contributed by atoms with Gasteiger partial charge in [-0.1, -0.05) is 0 Å². The Morgan fingerprint density at radius 1 is 0.865 bits per heavy atom. The molecule has 3 heterocycles. The fourth-order valence-electron chi connectivity index (χ4n) is 5.02. The van der Waals surface area contributed by atoms with Crippen molar-refractivity contribution >= 4 is 34.7 Å². The minimum atomic E-state index is -0.778. The summed E-state index contributed by atoms with van der Waals surface area (Å²) in [5.74, 6) is -0.855. The second-order valence-corrected chi connectivity index (χ2v) is 9.59. The van der Waals surface area contributed by atoms with Crippen molar-refractivity contribution in [2.45, 2.75) is 12.8 Å². The molecule has 0 spiro atoms. The Bertz CT molecular complexity index is 945. The molecule has 3 fully saturated rings. The summed E-state index contributed by atoms with van der Waals surface area (Å²) in [6, 6.07) is 3.58. The van der Waals surface area contributed by atoms with Crippen LogP contribution >= 0.6 is 0 Å². The number of benzene rings is 1. The number of carbonyl (C=O) groups is 2. The monoisotopic (exact) mass is 517 g/mol. The molecule has 3 N–H and O–H groups in total. The van der Waals surface area contributed by atoms with Gasteiger partial charge in [0.15, 0.2) is 0 Å². The van der Waals surface area contributed by atoms with Crippen LogP contribution in [0.4, 0.5) is 21.9 Å². The van der Waals surface area contributed by atoms with E-state index in [9.17, 15) is 9.59 Å². The number of hydrogen-bond donors (Lipinski definition) is 2. The summed E-state index contributed by atoms with van der Waals surface area (Å²) >= 11 is 0. The zero-order valence-corrected chi connectivity index (χ0v) is 22.1. The lowest BCUT2D eigenvalue weighted by Crippen LogP contribution is -2.42. The average molecular weight is 518 g/mol. The van der Waals surface area contributed by atoms with Gasteiger partial charge in [-0.3, -0.25) is 4.79 Å². The molecular formula is C25H39N7O5. The summed E-state index contributed by atoms with van der Waals surface area (Å²) in [6.07, 6.45) is 0.